The van der Waals surface area contributed by atoms with Gasteiger partial charge in [0.2, 0.25) is 0 Å². The molecule has 21 heavy (non-hydrogen) atoms. The third-order valence-electron chi connectivity index (χ3n) is 3.86. The lowest BCUT2D eigenvalue weighted by molar-refractivity contribution is 0.175. The van der Waals surface area contributed by atoms with E-state index < -0.39 is 0 Å². The van der Waals surface area contributed by atoms with Crippen LogP contribution in [0.3, 0.4) is 0 Å². The van der Waals surface area contributed by atoms with E-state index in [9.17, 15) is 5.11 Å². The molecule has 5 heteroatoms. The number of aromatic nitrogens is 1. The normalized spacial score (nSPS) is 20.8. The maximum absolute atomic E-state index is 9.57. The predicted molar refractivity (Wildman–Crippen MR) is 86.1 cm³/mol. The highest BCUT2D eigenvalue weighted by molar-refractivity contribution is 7.15. The molecule has 0 bridgehead atoms. The van der Waals surface area contributed by atoms with Crippen molar-refractivity contribution in [1.82, 2.24) is 9.88 Å². The van der Waals surface area contributed by atoms with Crippen LogP contribution >= 0.6 is 11.3 Å². The van der Waals surface area contributed by atoms with Crippen LogP contribution in [0.15, 0.2) is 30.5 Å². The lowest BCUT2D eigenvalue weighted by atomic mass is 10.1. The molecule has 1 aliphatic heterocycles. The topological polar surface area (TPSA) is 62.4 Å². The maximum atomic E-state index is 9.57. The Bertz CT molecular complexity index is 611. The number of aliphatic hydroxyl groups is 1. The Morgan fingerprint density at radius 2 is 2.38 bits per heavy atom. The Balaban J connectivity index is 1.74. The van der Waals surface area contributed by atoms with E-state index in [1.807, 2.05) is 19.2 Å². The fourth-order valence-corrected chi connectivity index (χ4v) is 3.60. The molecule has 1 saturated heterocycles. The van der Waals surface area contributed by atoms with Crippen LogP contribution < -0.4 is 5.73 Å². The molecule has 3 rings (SSSR count). The number of rotatable bonds is 4. The smallest absolute Gasteiger partial charge is 0.107 e. The summed E-state index contributed by atoms with van der Waals surface area (Å²) >= 11 is 1.72. The number of aliphatic hydroxyl groups excluding tert-OH is 1. The minimum atomic E-state index is -0.174. The third kappa shape index (κ3) is 3.49. The SMILES string of the molecule is C[C@@H](N)c1cccc(-c2cnc(CN3CC[C@H](O)C3)s2)c1. The number of nitrogens with zero attached hydrogens (tertiary/aromatic N) is 2. The number of benzene rings is 1. The van der Waals surface area contributed by atoms with Crippen molar-refractivity contribution in [3.63, 3.8) is 0 Å². The van der Waals surface area contributed by atoms with Gasteiger partial charge in [-0.25, -0.2) is 4.98 Å². The van der Waals surface area contributed by atoms with E-state index in [1.54, 1.807) is 11.3 Å². The number of hydrogen-bond donors (Lipinski definition) is 2. The number of likely N-dealkylation sites (tertiary alicyclic amines) is 1. The first kappa shape index (κ1) is 14.7. The minimum absolute atomic E-state index is 0.0448. The van der Waals surface area contributed by atoms with E-state index in [0.717, 1.165) is 36.6 Å². The zero-order valence-electron chi connectivity index (χ0n) is 12.2. The summed E-state index contributed by atoms with van der Waals surface area (Å²) < 4.78 is 0. The summed E-state index contributed by atoms with van der Waals surface area (Å²) in [6.07, 6.45) is 2.63. The molecule has 2 aromatic rings. The number of thiazole rings is 1. The van der Waals surface area contributed by atoms with Crippen LogP contribution in [-0.2, 0) is 6.54 Å². The first-order valence-corrected chi connectivity index (χ1v) is 8.14. The van der Waals surface area contributed by atoms with Crippen molar-refractivity contribution in [2.24, 2.45) is 5.73 Å². The maximum Gasteiger partial charge on any atom is 0.107 e. The summed E-state index contributed by atoms with van der Waals surface area (Å²) in [7, 11) is 0. The largest absolute Gasteiger partial charge is 0.392 e. The van der Waals surface area contributed by atoms with Crippen LogP contribution in [0.25, 0.3) is 10.4 Å². The van der Waals surface area contributed by atoms with Crippen molar-refractivity contribution in [3.05, 3.63) is 41.0 Å². The van der Waals surface area contributed by atoms with Gasteiger partial charge in [-0.3, -0.25) is 4.90 Å². The minimum Gasteiger partial charge on any atom is -0.392 e. The zero-order chi connectivity index (χ0) is 14.8. The zero-order valence-corrected chi connectivity index (χ0v) is 13.0. The van der Waals surface area contributed by atoms with Crippen LogP contribution in [0.1, 0.15) is 30.0 Å². The molecule has 1 aliphatic rings. The van der Waals surface area contributed by atoms with Gasteiger partial charge >= 0.3 is 0 Å². The van der Waals surface area contributed by atoms with Gasteiger partial charge < -0.3 is 10.8 Å². The molecule has 1 fully saturated rings. The summed E-state index contributed by atoms with van der Waals surface area (Å²) in [5.41, 5.74) is 8.26. The first-order valence-electron chi connectivity index (χ1n) is 7.33. The molecule has 0 unspecified atom stereocenters. The van der Waals surface area contributed by atoms with Crippen LogP contribution in [0.2, 0.25) is 0 Å². The average molecular weight is 303 g/mol. The molecule has 0 aliphatic carbocycles. The molecule has 0 radical (unpaired) electrons. The summed E-state index contributed by atoms with van der Waals surface area (Å²) in [4.78, 5) is 7.95. The van der Waals surface area contributed by atoms with E-state index >= 15 is 0 Å². The quantitative estimate of drug-likeness (QED) is 0.910. The van der Waals surface area contributed by atoms with E-state index in [4.69, 9.17) is 5.73 Å². The molecule has 2 heterocycles. The Kier molecular flexibility index (Phi) is 4.35. The second-order valence-electron chi connectivity index (χ2n) is 5.71. The summed E-state index contributed by atoms with van der Waals surface area (Å²) in [5.74, 6) is 0. The Hall–Kier alpha value is -1.27. The van der Waals surface area contributed by atoms with Gasteiger partial charge in [0.15, 0.2) is 0 Å². The molecule has 3 N–H and O–H groups in total. The Morgan fingerprint density at radius 3 is 3.10 bits per heavy atom. The van der Waals surface area contributed by atoms with Crippen molar-refractivity contribution < 1.29 is 5.11 Å². The van der Waals surface area contributed by atoms with Crippen molar-refractivity contribution in [1.29, 1.82) is 0 Å². The van der Waals surface area contributed by atoms with Gasteiger partial charge in [0.05, 0.1) is 17.5 Å². The Morgan fingerprint density at radius 1 is 1.52 bits per heavy atom. The lowest BCUT2D eigenvalue weighted by Crippen LogP contribution is -2.21. The van der Waals surface area contributed by atoms with Crippen molar-refractivity contribution in [3.8, 4) is 10.4 Å². The van der Waals surface area contributed by atoms with Gasteiger partial charge in [0.1, 0.15) is 5.01 Å². The highest BCUT2D eigenvalue weighted by Gasteiger charge is 2.21. The molecule has 4 nitrogen and oxygen atoms in total. The van der Waals surface area contributed by atoms with Crippen LogP contribution in [0.4, 0.5) is 0 Å². The van der Waals surface area contributed by atoms with E-state index in [1.165, 1.54) is 10.4 Å². The molecular weight excluding hydrogens is 282 g/mol. The van der Waals surface area contributed by atoms with Crippen LogP contribution in [-0.4, -0.2) is 34.2 Å². The molecule has 1 aromatic heterocycles. The van der Waals surface area contributed by atoms with Gasteiger partial charge in [-0.15, -0.1) is 11.3 Å². The second-order valence-corrected chi connectivity index (χ2v) is 6.83. The highest BCUT2D eigenvalue weighted by atomic mass is 32.1. The number of β-amino-alcohol motifs (C(OH)–C–C–N with tert-alkyl or cyclic N) is 1. The van der Waals surface area contributed by atoms with E-state index in [-0.39, 0.29) is 12.1 Å². The average Bonchev–Trinajstić information content (AvgIpc) is 3.09. The Labute approximate surface area is 129 Å². The fraction of sp³-hybridized carbons (Fsp3) is 0.438. The van der Waals surface area contributed by atoms with Crippen molar-refractivity contribution in [2.75, 3.05) is 13.1 Å². The lowest BCUT2D eigenvalue weighted by Gasteiger charge is -2.12. The van der Waals surface area contributed by atoms with Crippen LogP contribution in [0.5, 0.6) is 0 Å². The monoisotopic (exact) mass is 303 g/mol. The van der Waals surface area contributed by atoms with E-state index in [0.29, 0.717) is 0 Å². The second kappa shape index (κ2) is 6.23. The van der Waals surface area contributed by atoms with Gasteiger partial charge in [-0.2, -0.15) is 0 Å². The summed E-state index contributed by atoms with van der Waals surface area (Å²) in [6, 6.07) is 8.39. The highest BCUT2D eigenvalue weighted by Crippen LogP contribution is 2.29. The number of nitrogens with two attached hydrogens (primary N) is 1. The van der Waals surface area contributed by atoms with Gasteiger partial charge in [-0.1, -0.05) is 18.2 Å². The molecule has 2 atom stereocenters. The molecular formula is C16H21N3OS. The molecule has 1 aromatic carbocycles. The standard InChI is InChI=1S/C16H21N3OS/c1-11(17)12-3-2-4-13(7-12)15-8-18-16(21-15)10-19-6-5-14(20)9-19/h2-4,7-8,11,14,20H,5-6,9-10,17H2,1H3/t11-,14+/m1/s1. The summed E-state index contributed by atoms with van der Waals surface area (Å²) in [6.45, 7) is 4.54. The third-order valence-corrected chi connectivity index (χ3v) is 4.89. The fourth-order valence-electron chi connectivity index (χ4n) is 2.64. The molecule has 0 amide bonds. The van der Waals surface area contributed by atoms with Gasteiger partial charge in [-0.05, 0) is 30.5 Å². The van der Waals surface area contributed by atoms with Crippen molar-refractivity contribution in [2.45, 2.75) is 32.0 Å². The van der Waals surface area contributed by atoms with Gasteiger partial charge in [0, 0.05) is 25.3 Å². The van der Waals surface area contributed by atoms with E-state index in [2.05, 4.69) is 28.1 Å². The number of hydrogen-bond acceptors (Lipinski definition) is 5. The van der Waals surface area contributed by atoms with Crippen LogP contribution in [0, 0.1) is 0 Å². The molecule has 0 spiro atoms. The predicted octanol–water partition coefficient (Wildman–Crippen LogP) is 2.40. The first-order chi connectivity index (χ1) is 10.1. The molecule has 112 valence electrons. The van der Waals surface area contributed by atoms with Gasteiger partial charge in [0.25, 0.3) is 0 Å². The van der Waals surface area contributed by atoms with Crippen molar-refractivity contribution >= 4 is 11.3 Å². The molecule has 0 saturated carbocycles. The summed E-state index contributed by atoms with van der Waals surface area (Å²) in [5, 5.41) is 10.7.